The minimum absolute atomic E-state index is 1.06. The van der Waals surface area contributed by atoms with Crippen LogP contribution in [0.25, 0.3) is 0 Å². The van der Waals surface area contributed by atoms with Gasteiger partial charge in [-0.3, -0.25) is 5.10 Å². The van der Waals surface area contributed by atoms with Crippen LogP contribution >= 0.6 is 9.24 Å². The van der Waals surface area contributed by atoms with Gasteiger partial charge in [0.15, 0.2) is 15.7 Å². The minimum atomic E-state index is 1.06. The van der Waals surface area contributed by atoms with Crippen LogP contribution in [0, 0.1) is 0 Å². The maximum Gasteiger partial charge on any atom is 0.167 e. The van der Waals surface area contributed by atoms with Crippen LogP contribution in [0.2, 0.25) is 0 Å². The molecule has 0 bridgehead atoms. The number of hydrogen-bond acceptors (Lipinski definition) is 1. The molecule has 1 rings (SSSR count). The lowest BCUT2D eigenvalue weighted by molar-refractivity contribution is 1.14. The Hall–Kier alpha value is -0.230. The van der Waals surface area contributed by atoms with Gasteiger partial charge in [0.05, 0.1) is 0 Å². The molecular weight excluding hydrogens is 117 g/mol. The molecule has 0 fully saturated rings. The second kappa shape index (κ2) is 1.94. The predicted octanol–water partition coefficient (Wildman–Crippen LogP) is -3.57. The van der Waals surface area contributed by atoms with E-state index in [1.807, 2.05) is 15.7 Å². The molecule has 40 valence electrons. The quantitative estimate of drug-likeness (QED) is 0.281. The van der Waals surface area contributed by atoms with E-state index in [-0.39, 0.29) is 0 Å². The highest BCUT2D eigenvalue weighted by Crippen LogP contribution is 1.72. The second-order valence-corrected chi connectivity index (χ2v) is 2.43. The third-order valence-corrected chi connectivity index (χ3v) is 2.04. The molecule has 0 saturated carbocycles. The third kappa shape index (κ3) is 0.805. The van der Waals surface area contributed by atoms with Gasteiger partial charge in [0.1, 0.15) is 0 Å². The van der Waals surface area contributed by atoms with E-state index in [0.29, 0.717) is 0 Å². The Morgan fingerprint density at radius 1 is 1.50 bits per heavy atom. The van der Waals surface area contributed by atoms with Crippen molar-refractivity contribution in [2.45, 2.75) is 0 Å². The molecule has 0 saturated heterocycles. The van der Waals surface area contributed by atoms with Crippen LogP contribution in [0.4, 0.5) is 0 Å². The fourth-order valence-corrected chi connectivity index (χ4v) is 0.689. The highest BCUT2D eigenvalue weighted by Gasteiger charge is 1.96. The van der Waals surface area contributed by atoms with Crippen molar-refractivity contribution in [1.29, 1.82) is 0 Å². The lowest BCUT2D eigenvalue weighted by atomic mass is 9.99. The van der Waals surface area contributed by atoms with Crippen molar-refractivity contribution in [2.24, 2.45) is 0 Å². The number of nitrogens with zero attached hydrogens (tertiary/aromatic N) is 1. The fraction of sp³-hybridized carbons (Fsp3) is 0. The second-order valence-electron chi connectivity index (χ2n) is 1.85. The Balaban J connectivity index is 3.19. The summed E-state index contributed by atoms with van der Waals surface area (Å²) in [7, 11) is 6.62. The molecule has 8 heavy (non-hydrogen) atoms. The standard InChI is InChI=1S/C3H7B2N2P/c4-2-1(8)3(5)7-6-2/h4-5,8H2,(H,6,7). The Bertz CT molecular complexity index is 178. The monoisotopic (exact) mass is 124 g/mol. The molecule has 5 heteroatoms. The van der Waals surface area contributed by atoms with Crippen LogP contribution in [-0.2, 0) is 0 Å². The fourth-order valence-electron chi connectivity index (χ4n) is 0.560. The molecule has 0 amide bonds. The average molecular weight is 124 g/mol. The first-order valence-corrected chi connectivity index (χ1v) is 3.06. The topological polar surface area (TPSA) is 28.7 Å². The van der Waals surface area contributed by atoms with E-state index >= 15 is 0 Å². The van der Waals surface area contributed by atoms with E-state index in [0.717, 1.165) is 11.2 Å². The molecule has 1 unspecified atom stereocenters. The molecule has 0 aliphatic rings. The van der Waals surface area contributed by atoms with Crippen LogP contribution in [0.3, 0.4) is 0 Å². The van der Waals surface area contributed by atoms with E-state index < -0.39 is 0 Å². The average Bonchev–Trinajstić information content (AvgIpc) is 1.98. The van der Waals surface area contributed by atoms with Gasteiger partial charge >= 0.3 is 0 Å². The summed E-state index contributed by atoms with van der Waals surface area (Å²) in [6.07, 6.45) is 0. The molecule has 0 aliphatic carbocycles. The van der Waals surface area contributed by atoms with Gasteiger partial charge in [-0.2, -0.15) is 5.10 Å². The summed E-state index contributed by atoms with van der Waals surface area (Å²) >= 11 is 0. The third-order valence-electron chi connectivity index (χ3n) is 1.19. The van der Waals surface area contributed by atoms with Crippen LogP contribution in [-0.4, -0.2) is 25.9 Å². The van der Waals surface area contributed by atoms with E-state index in [1.54, 1.807) is 0 Å². The molecule has 1 heterocycles. The van der Waals surface area contributed by atoms with Crippen LogP contribution in [0.1, 0.15) is 0 Å². The van der Waals surface area contributed by atoms with E-state index in [4.69, 9.17) is 0 Å². The van der Waals surface area contributed by atoms with Crippen molar-refractivity contribution >= 4 is 41.4 Å². The van der Waals surface area contributed by atoms with Gasteiger partial charge < -0.3 is 0 Å². The molecule has 1 atom stereocenters. The first kappa shape index (κ1) is 5.90. The maximum absolute atomic E-state index is 3.97. The highest BCUT2D eigenvalue weighted by molar-refractivity contribution is 7.29. The molecular formula is C3H7B2N2P. The number of hydrogen-bond donors (Lipinski definition) is 1. The zero-order valence-corrected chi connectivity index (χ0v) is 6.18. The number of aromatic nitrogens is 2. The Kier molecular flexibility index (Phi) is 1.43. The van der Waals surface area contributed by atoms with Gasteiger partial charge in [-0.1, -0.05) is 0 Å². The predicted molar refractivity (Wildman–Crippen MR) is 44.3 cm³/mol. The number of rotatable bonds is 0. The van der Waals surface area contributed by atoms with E-state index in [9.17, 15) is 0 Å². The molecule has 1 aromatic rings. The van der Waals surface area contributed by atoms with Gasteiger partial charge in [-0.05, 0) is 10.9 Å². The summed E-state index contributed by atoms with van der Waals surface area (Å²) in [5.74, 6) is 0. The van der Waals surface area contributed by atoms with Crippen molar-refractivity contribution in [3.05, 3.63) is 0 Å². The maximum atomic E-state index is 3.97. The summed E-state index contributed by atoms with van der Waals surface area (Å²) in [5, 5.41) is 8.02. The van der Waals surface area contributed by atoms with Crippen molar-refractivity contribution < 1.29 is 0 Å². The van der Waals surface area contributed by atoms with Crippen molar-refractivity contribution in [3.63, 3.8) is 0 Å². The summed E-state index contributed by atoms with van der Waals surface area (Å²) in [5.41, 5.74) is 2.19. The smallest absolute Gasteiger partial charge is 0.167 e. The summed E-state index contributed by atoms with van der Waals surface area (Å²) in [6, 6.07) is 0. The van der Waals surface area contributed by atoms with Crippen LogP contribution < -0.4 is 16.5 Å². The molecule has 2 nitrogen and oxygen atoms in total. The number of nitrogens with one attached hydrogen (secondary N) is 1. The molecule has 1 N–H and O–H groups in total. The normalized spacial score (nSPS) is 9.62. The Morgan fingerprint density at radius 3 is 2.25 bits per heavy atom. The number of H-pyrrole nitrogens is 1. The van der Waals surface area contributed by atoms with Gasteiger partial charge in [0, 0.05) is 5.59 Å². The van der Waals surface area contributed by atoms with E-state index in [1.165, 1.54) is 5.30 Å². The first-order chi connectivity index (χ1) is 3.72. The summed E-state index contributed by atoms with van der Waals surface area (Å²) < 4.78 is 0. The lowest BCUT2D eigenvalue weighted by Crippen LogP contribution is -2.27. The molecule has 0 aliphatic heterocycles. The number of aromatic amines is 1. The molecule has 0 radical (unpaired) electrons. The molecule has 1 aromatic heterocycles. The largest absolute Gasteiger partial charge is 0.293 e. The minimum Gasteiger partial charge on any atom is -0.293 e. The highest BCUT2D eigenvalue weighted by atomic mass is 31.0. The van der Waals surface area contributed by atoms with Gasteiger partial charge in [-0.25, -0.2) is 0 Å². The van der Waals surface area contributed by atoms with Crippen molar-refractivity contribution in [1.82, 2.24) is 10.2 Å². The van der Waals surface area contributed by atoms with E-state index in [2.05, 4.69) is 19.4 Å². The van der Waals surface area contributed by atoms with Crippen LogP contribution in [0.15, 0.2) is 0 Å². The van der Waals surface area contributed by atoms with Gasteiger partial charge in [-0.15, -0.1) is 9.24 Å². The van der Waals surface area contributed by atoms with Gasteiger partial charge in [0.2, 0.25) is 0 Å². The Labute approximate surface area is 52.5 Å². The van der Waals surface area contributed by atoms with Crippen molar-refractivity contribution in [2.75, 3.05) is 0 Å². The lowest BCUT2D eigenvalue weighted by Gasteiger charge is -1.83. The first-order valence-electron chi connectivity index (χ1n) is 2.49. The van der Waals surface area contributed by atoms with Crippen LogP contribution in [0.5, 0.6) is 0 Å². The zero-order valence-electron chi connectivity index (χ0n) is 5.02. The summed E-state index contributed by atoms with van der Waals surface area (Å²) in [6.45, 7) is 0. The molecule has 0 spiro atoms. The molecule has 0 aromatic carbocycles. The van der Waals surface area contributed by atoms with Gasteiger partial charge in [0.25, 0.3) is 0 Å². The Morgan fingerprint density at radius 2 is 2.12 bits per heavy atom. The van der Waals surface area contributed by atoms with Crippen molar-refractivity contribution in [3.8, 4) is 0 Å². The summed E-state index contributed by atoms with van der Waals surface area (Å²) in [4.78, 5) is 0. The zero-order chi connectivity index (χ0) is 6.15. The SMILES string of the molecule is Bc1n[nH]c(B)c1P.